The normalized spacial score (nSPS) is 23.2. The van der Waals surface area contributed by atoms with Gasteiger partial charge in [0.25, 0.3) is 0 Å². The molecule has 0 amide bonds. The molecular weight excluding hydrogens is 148 g/mol. The molecule has 1 saturated heterocycles. The second kappa shape index (κ2) is 4.24. The molecule has 1 aliphatic heterocycles. The van der Waals surface area contributed by atoms with Crippen LogP contribution in [0.2, 0.25) is 0 Å². The molecule has 2 heteroatoms. The van der Waals surface area contributed by atoms with E-state index in [9.17, 15) is 0 Å². The van der Waals surface area contributed by atoms with Crippen LogP contribution in [-0.2, 0) is 0 Å². The topological polar surface area (TPSA) is 15.3 Å². The summed E-state index contributed by atoms with van der Waals surface area (Å²) in [5.41, 5.74) is 0.562. The Morgan fingerprint density at radius 1 is 1.42 bits per heavy atom. The Balaban J connectivity index is 2.11. The van der Waals surface area contributed by atoms with Gasteiger partial charge < -0.3 is 10.2 Å². The van der Waals surface area contributed by atoms with Crippen LogP contribution in [0.4, 0.5) is 0 Å². The summed E-state index contributed by atoms with van der Waals surface area (Å²) in [6, 6.07) is 0. The number of nitrogens with zero attached hydrogens (tertiary/aromatic N) is 1. The van der Waals surface area contributed by atoms with Crippen LogP contribution in [0.15, 0.2) is 0 Å². The van der Waals surface area contributed by atoms with Crippen molar-refractivity contribution in [2.75, 3.05) is 32.7 Å². The van der Waals surface area contributed by atoms with E-state index in [0.29, 0.717) is 5.41 Å². The maximum Gasteiger partial charge on any atom is 0.0107 e. The van der Waals surface area contributed by atoms with Crippen LogP contribution in [0.5, 0.6) is 0 Å². The first-order chi connectivity index (χ1) is 5.64. The van der Waals surface area contributed by atoms with Crippen molar-refractivity contribution in [3.8, 4) is 0 Å². The van der Waals surface area contributed by atoms with Crippen LogP contribution in [0.25, 0.3) is 0 Å². The van der Waals surface area contributed by atoms with Gasteiger partial charge in [-0.1, -0.05) is 20.8 Å². The quantitative estimate of drug-likeness (QED) is 0.640. The summed E-state index contributed by atoms with van der Waals surface area (Å²) in [5, 5.41) is 3.36. The Kier molecular flexibility index (Phi) is 3.53. The van der Waals surface area contributed by atoms with Gasteiger partial charge in [-0.2, -0.15) is 0 Å². The van der Waals surface area contributed by atoms with Crippen molar-refractivity contribution in [3.63, 3.8) is 0 Å². The number of likely N-dealkylation sites (tertiary alicyclic amines) is 1. The highest BCUT2D eigenvalue weighted by molar-refractivity contribution is 4.82. The zero-order chi connectivity index (χ0) is 9.03. The van der Waals surface area contributed by atoms with Gasteiger partial charge in [-0.3, -0.25) is 0 Å². The van der Waals surface area contributed by atoms with Crippen LogP contribution in [0.3, 0.4) is 0 Å². The molecule has 1 rings (SSSR count). The van der Waals surface area contributed by atoms with E-state index in [2.05, 4.69) is 31.0 Å². The van der Waals surface area contributed by atoms with Gasteiger partial charge in [0.2, 0.25) is 0 Å². The minimum Gasteiger partial charge on any atom is -0.316 e. The maximum atomic E-state index is 3.36. The van der Waals surface area contributed by atoms with Gasteiger partial charge in [0.15, 0.2) is 0 Å². The standard InChI is InChI=1S/C10H22N2/c1-4-11-6-8-12-7-5-10(2,3)9-12/h11H,4-9H2,1-3H3. The first kappa shape index (κ1) is 10.0. The van der Waals surface area contributed by atoms with Crippen molar-refractivity contribution >= 4 is 0 Å². The summed E-state index contributed by atoms with van der Waals surface area (Å²) in [7, 11) is 0. The molecule has 0 saturated carbocycles. The molecule has 1 aliphatic rings. The van der Waals surface area contributed by atoms with Gasteiger partial charge in [0.05, 0.1) is 0 Å². The van der Waals surface area contributed by atoms with Crippen LogP contribution in [0.1, 0.15) is 27.2 Å². The van der Waals surface area contributed by atoms with E-state index in [1.165, 1.54) is 26.1 Å². The predicted octanol–water partition coefficient (Wildman–Crippen LogP) is 1.33. The third-order valence-electron chi connectivity index (χ3n) is 2.61. The lowest BCUT2D eigenvalue weighted by molar-refractivity contribution is 0.291. The molecular formula is C10H22N2. The van der Waals surface area contributed by atoms with Gasteiger partial charge in [0, 0.05) is 19.6 Å². The molecule has 0 atom stereocenters. The Labute approximate surface area is 76.3 Å². The number of hydrogen-bond acceptors (Lipinski definition) is 2. The summed E-state index contributed by atoms with van der Waals surface area (Å²) < 4.78 is 0. The molecule has 0 spiro atoms. The van der Waals surface area contributed by atoms with Crippen molar-refractivity contribution in [2.24, 2.45) is 5.41 Å². The highest BCUT2D eigenvalue weighted by Crippen LogP contribution is 2.27. The zero-order valence-corrected chi connectivity index (χ0v) is 8.69. The minimum absolute atomic E-state index is 0.562. The van der Waals surface area contributed by atoms with Crippen molar-refractivity contribution in [2.45, 2.75) is 27.2 Å². The third-order valence-corrected chi connectivity index (χ3v) is 2.61. The second-order valence-electron chi connectivity index (χ2n) is 4.54. The minimum atomic E-state index is 0.562. The molecule has 12 heavy (non-hydrogen) atoms. The summed E-state index contributed by atoms with van der Waals surface area (Å²) in [6.45, 7) is 12.9. The summed E-state index contributed by atoms with van der Waals surface area (Å²) in [6.07, 6.45) is 1.36. The van der Waals surface area contributed by atoms with E-state index < -0.39 is 0 Å². The van der Waals surface area contributed by atoms with E-state index >= 15 is 0 Å². The molecule has 1 heterocycles. The van der Waals surface area contributed by atoms with E-state index in [1.54, 1.807) is 0 Å². The molecule has 2 nitrogen and oxygen atoms in total. The fourth-order valence-electron chi connectivity index (χ4n) is 1.83. The van der Waals surface area contributed by atoms with E-state index in [-0.39, 0.29) is 0 Å². The fraction of sp³-hybridized carbons (Fsp3) is 1.00. The molecule has 1 fully saturated rings. The number of hydrogen-bond donors (Lipinski definition) is 1. The van der Waals surface area contributed by atoms with Gasteiger partial charge in [-0.25, -0.2) is 0 Å². The Hall–Kier alpha value is -0.0800. The highest BCUT2D eigenvalue weighted by Gasteiger charge is 2.28. The second-order valence-corrected chi connectivity index (χ2v) is 4.54. The van der Waals surface area contributed by atoms with Crippen LogP contribution < -0.4 is 5.32 Å². The summed E-state index contributed by atoms with van der Waals surface area (Å²) >= 11 is 0. The average Bonchev–Trinajstić information content (AvgIpc) is 2.31. The van der Waals surface area contributed by atoms with Crippen LogP contribution in [0, 0.1) is 5.41 Å². The monoisotopic (exact) mass is 170 g/mol. The number of likely N-dealkylation sites (N-methyl/N-ethyl adjacent to an activating group) is 1. The van der Waals surface area contributed by atoms with E-state index in [1.807, 2.05) is 0 Å². The molecule has 72 valence electrons. The van der Waals surface area contributed by atoms with Crippen LogP contribution in [-0.4, -0.2) is 37.6 Å². The SMILES string of the molecule is CCNCCN1CCC(C)(C)C1. The molecule has 0 aromatic carbocycles. The smallest absolute Gasteiger partial charge is 0.0107 e. The zero-order valence-electron chi connectivity index (χ0n) is 8.69. The highest BCUT2D eigenvalue weighted by atomic mass is 15.2. The molecule has 0 aromatic heterocycles. The third kappa shape index (κ3) is 3.11. The molecule has 0 radical (unpaired) electrons. The first-order valence-corrected chi connectivity index (χ1v) is 5.07. The summed E-state index contributed by atoms with van der Waals surface area (Å²) in [4.78, 5) is 2.56. The van der Waals surface area contributed by atoms with Crippen molar-refractivity contribution in [1.82, 2.24) is 10.2 Å². The first-order valence-electron chi connectivity index (χ1n) is 5.07. The lowest BCUT2D eigenvalue weighted by Crippen LogP contribution is -2.31. The number of nitrogens with one attached hydrogen (secondary N) is 1. The lowest BCUT2D eigenvalue weighted by atomic mass is 9.93. The van der Waals surface area contributed by atoms with E-state index in [0.717, 1.165) is 13.1 Å². The van der Waals surface area contributed by atoms with E-state index in [4.69, 9.17) is 0 Å². The molecule has 0 unspecified atom stereocenters. The van der Waals surface area contributed by atoms with Crippen molar-refractivity contribution in [1.29, 1.82) is 0 Å². The molecule has 0 aliphatic carbocycles. The Morgan fingerprint density at radius 2 is 2.17 bits per heavy atom. The van der Waals surface area contributed by atoms with Crippen LogP contribution >= 0.6 is 0 Å². The Bertz CT molecular complexity index is 132. The van der Waals surface area contributed by atoms with Gasteiger partial charge in [0.1, 0.15) is 0 Å². The van der Waals surface area contributed by atoms with Crippen molar-refractivity contribution < 1.29 is 0 Å². The largest absolute Gasteiger partial charge is 0.316 e. The predicted molar refractivity (Wildman–Crippen MR) is 53.4 cm³/mol. The fourth-order valence-corrected chi connectivity index (χ4v) is 1.83. The Morgan fingerprint density at radius 3 is 2.67 bits per heavy atom. The van der Waals surface area contributed by atoms with Gasteiger partial charge in [-0.05, 0) is 24.9 Å². The number of rotatable bonds is 4. The average molecular weight is 170 g/mol. The molecule has 0 aromatic rings. The van der Waals surface area contributed by atoms with Gasteiger partial charge in [-0.15, -0.1) is 0 Å². The lowest BCUT2D eigenvalue weighted by Gasteiger charge is -2.19. The van der Waals surface area contributed by atoms with Gasteiger partial charge >= 0.3 is 0 Å². The molecule has 0 bridgehead atoms. The van der Waals surface area contributed by atoms with Crippen molar-refractivity contribution in [3.05, 3.63) is 0 Å². The molecule has 1 N–H and O–H groups in total. The summed E-state index contributed by atoms with van der Waals surface area (Å²) in [5.74, 6) is 0. The maximum absolute atomic E-state index is 3.36.